The van der Waals surface area contributed by atoms with E-state index in [2.05, 4.69) is 17.6 Å². The first-order valence-corrected chi connectivity index (χ1v) is 7.68. The van der Waals surface area contributed by atoms with Gasteiger partial charge in [0.25, 0.3) is 0 Å². The predicted octanol–water partition coefficient (Wildman–Crippen LogP) is 1.68. The van der Waals surface area contributed by atoms with Crippen LogP contribution in [-0.4, -0.2) is 41.7 Å². The van der Waals surface area contributed by atoms with E-state index in [-0.39, 0.29) is 11.4 Å². The molecule has 1 atom stereocenters. The SMILES string of the molecule is CCC1(CNC(=O)NC(CCSC)C(=O)O)CC1. The van der Waals surface area contributed by atoms with Crippen molar-refractivity contribution < 1.29 is 14.7 Å². The normalized spacial score (nSPS) is 17.9. The maximum absolute atomic E-state index is 11.6. The molecule has 0 saturated heterocycles. The number of rotatable bonds is 8. The van der Waals surface area contributed by atoms with Crippen LogP contribution in [0.4, 0.5) is 4.79 Å². The van der Waals surface area contributed by atoms with Gasteiger partial charge in [0, 0.05) is 6.54 Å². The summed E-state index contributed by atoms with van der Waals surface area (Å²) in [5.74, 6) is -0.258. The molecule has 1 aliphatic rings. The highest BCUT2D eigenvalue weighted by atomic mass is 32.2. The standard InChI is InChI=1S/C12H22N2O3S/c1-3-12(5-6-12)8-13-11(17)14-9(10(15)16)4-7-18-2/h9H,3-8H2,1-2H3,(H,15,16)(H2,13,14,17). The van der Waals surface area contributed by atoms with E-state index in [1.165, 1.54) is 0 Å². The number of carboxylic acid groups (broad SMARTS) is 1. The van der Waals surface area contributed by atoms with Gasteiger partial charge in [-0.3, -0.25) is 0 Å². The van der Waals surface area contributed by atoms with Gasteiger partial charge in [-0.25, -0.2) is 9.59 Å². The number of thioether (sulfide) groups is 1. The summed E-state index contributed by atoms with van der Waals surface area (Å²) in [7, 11) is 0. The maximum Gasteiger partial charge on any atom is 0.326 e. The highest BCUT2D eigenvalue weighted by Crippen LogP contribution is 2.47. The monoisotopic (exact) mass is 274 g/mol. The van der Waals surface area contributed by atoms with Gasteiger partial charge in [0.1, 0.15) is 6.04 Å². The van der Waals surface area contributed by atoms with Crippen LogP contribution in [0, 0.1) is 5.41 Å². The predicted molar refractivity (Wildman–Crippen MR) is 72.9 cm³/mol. The molecule has 1 rings (SSSR count). The largest absolute Gasteiger partial charge is 0.480 e. The first-order valence-electron chi connectivity index (χ1n) is 6.29. The van der Waals surface area contributed by atoms with E-state index in [0.717, 1.165) is 25.0 Å². The fraction of sp³-hybridized carbons (Fsp3) is 0.833. The van der Waals surface area contributed by atoms with E-state index < -0.39 is 12.0 Å². The smallest absolute Gasteiger partial charge is 0.326 e. The van der Waals surface area contributed by atoms with Crippen molar-refractivity contribution in [1.29, 1.82) is 0 Å². The summed E-state index contributed by atoms with van der Waals surface area (Å²) in [5.41, 5.74) is 0.273. The van der Waals surface area contributed by atoms with Crippen molar-refractivity contribution in [1.82, 2.24) is 10.6 Å². The Morgan fingerprint density at radius 1 is 1.44 bits per heavy atom. The molecule has 0 aromatic heterocycles. The van der Waals surface area contributed by atoms with Gasteiger partial charge in [-0.2, -0.15) is 11.8 Å². The summed E-state index contributed by atoms with van der Waals surface area (Å²) in [5, 5.41) is 14.3. The summed E-state index contributed by atoms with van der Waals surface area (Å²) in [6.45, 7) is 2.76. The van der Waals surface area contributed by atoms with Crippen molar-refractivity contribution in [3.63, 3.8) is 0 Å². The number of nitrogens with one attached hydrogen (secondary N) is 2. The number of amides is 2. The first kappa shape index (κ1) is 15.1. The molecule has 0 bridgehead atoms. The van der Waals surface area contributed by atoms with E-state index in [1.807, 2.05) is 6.26 Å². The van der Waals surface area contributed by atoms with Gasteiger partial charge in [0.05, 0.1) is 0 Å². The van der Waals surface area contributed by atoms with Gasteiger partial charge in [-0.15, -0.1) is 0 Å². The molecule has 2 amide bonds. The summed E-state index contributed by atoms with van der Waals surface area (Å²) in [4.78, 5) is 22.6. The second kappa shape index (κ2) is 6.87. The Morgan fingerprint density at radius 2 is 2.11 bits per heavy atom. The first-order chi connectivity index (χ1) is 8.53. The highest BCUT2D eigenvalue weighted by Gasteiger charge is 2.40. The molecular weight excluding hydrogens is 252 g/mol. The number of carbonyl (C=O) groups is 2. The third-order valence-electron chi connectivity index (χ3n) is 3.55. The van der Waals surface area contributed by atoms with Crippen LogP contribution in [0.25, 0.3) is 0 Å². The van der Waals surface area contributed by atoms with Gasteiger partial charge < -0.3 is 15.7 Å². The molecule has 0 spiro atoms. The lowest BCUT2D eigenvalue weighted by atomic mass is 10.0. The maximum atomic E-state index is 11.6. The topological polar surface area (TPSA) is 78.4 Å². The van der Waals surface area contributed by atoms with Crippen molar-refractivity contribution in [2.75, 3.05) is 18.6 Å². The van der Waals surface area contributed by atoms with Crippen LogP contribution in [-0.2, 0) is 4.79 Å². The number of carbonyl (C=O) groups excluding carboxylic acids is 1. The molecule has 6 heteroatoms. The van der Waals surface area contributed by atoms with Crippen LogP contribution in [0.2, 0.25) is 0 Å². The molecule has 18 heavy (non-hydrogen) atoms. The lowest BCUT2D eigenvalue weighted by Crippen LogP contribution is -2.47. The summed E-state index contributed by atoms with van der Waals surface area (Å²) in [6, 6.07) is -1.17. The summed E-state index contributed by atoms with van der Waals surface area (Å²) < 4.78 is 0. The molecular formula is C12H22N2O3S. The van der Waals surface area contributed by atoms with Gasteiger partial charge in [-0.05, 0) is 43.1 Å². The molecule has 0 aliphatic heterocycles. The number of hydrogen-bond acceptors (Lipinski definition) is 3. The van der Waals surface area contributed by atoms with Gasteiger partial charge >= 0.3 is 12.0 Å². The Balaban J connectivity index is 2.29. The second-order valence-corrected chi connectivity index (χ2v) is 5.84. The quantitative estimate of drug-likeness (QED) is 0.629. The lowest BCUT2D eigenvalue weighted by Gasteiger charge is -2.17. The van der Waals surface area contributed by atoms with E-state index in [9.17, 15) is 9.59 Å². The van der Waals surface area contributed by atoms with Crippen molar-refractivity contribution in [2.45, 2.75) is 38.6 Å². The van der Waals surface area contributed by atoms with Gasteiger partial charge in [0.2, 0.25) is 0 Å². The minimum Gasteiger partial charge on any atom is -0.480 e. The molecule has 1 saturated carbocycles. The summed E-state index contributed by atoms with van der Waals surface area (Å²) in [6.07, 6.45) is 5.72. The van der Waals surface area contributed by atoms with Gasteiger partial charge in [-0.1, -0.05) is 6.92 Å². The minimum absolute atomic E-state index is 0.273. The van der Waals surface area contributed by atoms with Crippen LogP contribution < -0.4 is 10.6 Å². The van der Waals surface area contributed by atoms with Crippen LogP contribution in [0.15, 0.2) is 0 Å². The van der Waals surface area contributed by atoms with E-state index >= 15 is 0 Å². The van der Waals surface area contributed by atoms with Crippen LogP contribution in [0.3, 0.4) is 0 Å². The molecule has 0 radical (unpaired) electrons. The third-order valence-corrected chi connectivity index (χ3v) is 4.19. The molecule has 1 fully saturated rings. The Bertz CT molecular complexity index is 306. The van der Waals surface area contributed by atoms with Crippen molar-refractivity contribution in [3.8, 4) is 0 Å². The third kappa shape index (κ3) is 4.76. The molecule has 5 nitrogen and oxygen atoms in total. The van der Waals surface area contributed by atoms with Crippen molar-refractivity contribution in [3.05, 3.63) is 0 Å². The molecule has 1 aliphatic carbocycles. The number of urea groups is 1. The molecule has 104 valence electrons. The molecule has 1 unspecified atom stereocenters. The fourth-order valence-corrected chi connectivity index (χ4v) is 2.27. The van der Waals surface area contributed by atoms with Crippen LogP contribution in [0.5, 0.6) is 0 Å². The summed E-state index contributed by atoms with van der Waals surface area (Å²) >= 11 is 1.57. The minimum atomic E-state index is -0.976. The van der Waals surface area contributed by atoms with Crippen molar-refractivity contribution >= 4 is 23.8 Å². The number of aliphatic carboxylic acids is 1. The van der Waals surface area contributed by atoms with E-state index in [4.69, 9.17) is 5.11 Å². The Kier molecular flexibility index (Phi) is 5.78. The average molecular weight is 274 g/mol. The average Bonchev–Trinajstić information content (AvgIpc) is 3.12. The second-order valence-electron chi connectivity index (χ2n) is 4.85. The highest BCUT2D eigenvalue weighted by molar-refractivity contribution is 7.98. The zero-order valence-electron chi connectivity index (χ0n) is 11.0. The Morgan fingerprint density at radius 3 is 2.56 bits per heavy atom. The molecule has 0 aromatic carbocycles. The number of hydrogen-bond donors (Lipinski definition) is 3. The van der Waals surface area contributed by atoms with Crippen LogP contribution in [0.1, 0.15) is 32.6 Å². The molecule has 3 N–H and O–H groups in total. The fourth-order valence-electron chi connectivity index (χ4n) is 1.80. The molecule has 0 aromatic rings. The van der Waals surface area contributed by atoms with Crippen molar-refractivity contribution in [2.24, 2.45) is 5.41 Å². The lowest BCUT2D eigenvalue weighted by molar-refractivity contribution is -0.139. The van der Waals surface area contributed by atoms with Crippen LogP contribution >= 0.6 is 11.8 Å². The Hall–Kier alpha value is -0.910. The zero-order valence-corrected chi connectivity index (χ0v) is 11.8. The molecule has 0 heterocycles. The van der Waals surface area contributed by atoms with Gasteiger partial charge in [0.15, 0.2) is 0 Å². The van der Waals surface area contributed by atoms with E-state index in [1.54, 1.807) is 11.8 Å². The Labute approximate surface area is 112 Å². The van der Waals surface area contributed by atoms with E-state index in [0.29, 0.717) is 13.0 Å². The zero-order chi connectivity index (χ0) is 13.6. The number of carboxylic acids is 1.